The van der Waals surface area contributed by atoms with E-state index in [0.29, 0.717) is 5.56 Å². The molecule has 0 saturated carbocycles. The van der Waals surface area contributed by atoms with E-state index in [9.17, 15) is 4.79 Å². The molecule has 0 N–H and O–H groups in total. The summed E-state index contributed by atoms with van der Waals surface area (Å²) in [6.07, 6.45) is 0. The van der Waals surface area contributed by atoms with Crippen LogP contribution >= 0.6 is 16.3 Å². The topological polar surface area (TPSA) is 26.3 Å². The van der Waals surface area contributed by atoms with Gasteiger partial charge in [0.15, 0.2) is 16.3 Å². The van der Waals surface area contributed by atoms with Crippen LogP contribution in [-0.4, -0.2) is 5.97 Å². The molecule has 0 unspecified atom stereocenters. The molecule has 2 nitrogen and oxygen atoms in total. The molecule has 0 radical (unpaired) electrons. The second kappa shape index (κ2) is 3.80. The highest BCUT2D eigenvalue weighted by Crippen LogP contribution is 2.16. The fraction of sp³-hybridized carbons (Fsp3) is 0. The first-order valence-electron chi connectivity index (χ1n) is 4.13. The van der Waals surface area contributed by atoms with E-state index in [4.69, 9.17) is 0 Å². The predicted molar refractivity (Wildman–Crippen MR) is 58.3 cm³/mol. The molecular formula is C11H7BrO2. The third kappa shape index (κ3) is 1.63. The minimum atomic E-state index is -0.379. The Morgan fingerprint density at radius 2 is 1.79 bits per heavy atom. The van der Waals surface area contributed by atoms with Crippen molar-refractivity contribution < 1.29 is 8.62 Å². The summed E-state index contributed by atoms with van der Waals surface area (Å²) >= 11 is 2.67. The number of carbonyl (C=O) groups excluding carboxylic acids is 1. The molecule has 0 atom stereocenters. The van der Waals surface area contributed by atoms with Gasteiger partial charge in [-0.15, -0.1) is 0 Å². The van der Waals surface area contributed by atoms with E-state index in [1.54, 1.807) is 12.1 Å². The lowest BCUT2D eigenvalue weighted by molar-refractivity contribution is 0.0782. The van der Waals surface area contributed by atoms with Gasteiger partial charge in [-0.3, -0.25) is 0 Å². The molecule has 3 heteroatoms. The maximum absolute atomic E-state index is 11.2. The lowest BCUT2D eigenvalue weighted by Crippen LogP contribution is -1.96. The standard InChI is InChI=1S/C11H7BrO2/c12-14-11(13)10-6-5-8-3-1-2-4-9(8)7-10/h1-7H. The van der Waals surface area contributed by atoms with E-state index in [1.807, 2.05) is 30.3 Å². The molecule has 2 aromatic carbocycles. The summed E-state index contributed by atoms with van der Waals surface area (Å²) in [7, 11) is 0. The molecular weight excluding hydrogens is 244 g/mol. The highest BCUT2D eigenvalue weighted by Gasteiger charge is 2.05. The van der Waals surface area contributed by atoms with Crippen molar-refractivity contribution in [1.29, 1.82) is 0 Å². The largest absolute Gasteiger partial charge is 0.380 e. The van der Waals surface area contributed by atoms with E-state index in [1.165, 1.54) is 0 Å². The van der Waals surface area contributed by atoms with E-state index >= 15 is 0 Å². The van der Waals surface area contributed by atoms with Crippen LogP contribution in [0.1, 0.15) is 10.4 Å². The van der Waals surface area contributed by atoms with Crippen LogP contribution in [0.3, 0.4) is 0 Å². The van der Waals surface area contributed by atoms with Gasteiger partial charge in [0.1, 0.15) is 0 Å². The normalized spacial score (nSPS) is 10.1. The van der Waals surface area contributed by atoms with E-state index in [-0.39, 0.29) is 5.97 Å². The van der Waals surface area contributed by atoms with Crippen LogP contribution in [0.5, 0.6) is 0 Å². The van der Waals surface area contributed by atoms with Gasteiger partial charge in [0.25, 0.3) is 0 Å². The Kier molecular flexibility index (Phi) is 2.50. The summed E-state index contributed by atoms with van der Waals surface area (Å²) in [6, 6.07) is 13.3. The maximum Gasteiger partial charge on any atom is 0.349 e. The first kappa shape index (κ1) is 9.21. The molecule has 14 heavy (non-hydrogen) atoms. The second-order valence-corrected chi connectivity index (χ2v) is 3.25. The van der Waals surface area contributed by atoms with Crippen LogP contribution in [0.15, 0.2) is 42.5 Å². The monoisotopic (exact) mass is 250 g/mol. The van der Waals surface area contributed by atoms with Crippen LogP contribution in [0.25, 0.3) is 10.8 Å². The SMILES string of the molecule is O=C(OBr)c1ccc2ccccc2c1. The number of halogens is 1. The van der Waals surface area contributed by atoms with Crippen molar-refractivity contribution in [1.82, 2.24) is 0 Å². The third-order valence-electron chi connectivity index (χ3n) is 2.06. The summed E-state index contributed by atoms with van der Waals surface area (Å²) in [4.78, 5) is 11.2. The maximum atomic E-state index is 11.2. The van der Waals surface area contributed by atoms with Crippen molar-refractivity contribution in [3.8, 4) is 0 Å². The fourth-order valence-corrected chi connectivity index (χ4v) is 1.55. The summed E-state index contributed by atoms with van der Waals surface area (Å²) in [6.45, 7) is 0. The van der Waals surface area contributed by atoms with Gasteiger partial charge in [-0.1, -0.05) is 30.3 Å². The van der Waals surface area contributed by atoms with Crippen molar-refractivity contribution in [2.24, 2.45) is 0 Å². The van der Waals surface area contributed by atoms with Crippen molar-refractivity contribution in [3.63, 3.8) is 0 Å². The molecule has 0 aliphatic carbocycles. The van der Waals surface area contributed by atoms with Gasteiger partial charge >= 0.3 is 5.97 Å². The first-order chi connectivity index (χ1) is 6.81. The number of rotatable bonds is 1. The van der Waals surface area contributed by atoms with Crippen LogP contribution in [0, 0.1) is 0 Å². The summed E-state index contributed by atoms with van der Waals surface area (Å²) in [5.74, 6) is -0.379. The lowest BCUT2D eigenvalue weighted by atomic mass is 10.1. The quantitative estimate of drug-likeness (QED) is 0.777. The van der Waals surface area contributed by atoms with Gasteiger partial charge in [-0.2, -0.15) is 0 Å². The minimum absolute atomic E-state index is 0.379. The molecule has 0 aromatic heterocycles. The summed E-state index contributed by atoms with van der Waals surface area (Å²) in [5.41, 5.74) is 0.542. The number of hydrogen-bond donors (Lipinski definition) is 0. The van der Waals surface area contributed by atoms with E-state index in [2.05, 4.69) is 20.1 Å². The third-order valence-corrected chi connectivity index (χ3v) is 2.35. The Morgan fingerprint density at radius 1 is 1.07 bits per heavy atom. The highest BCUT2D eigenvalue weighted by atomic mass is 79.9. The second-order valence-electron chi connectivity index (χ2n) is 2.93. The molecule has 2 aromatic rings. The Morgan fingerprint density at radius 3 is 2.50 bits per heavy atom. The number of hydrogen-bond acceptors (Lipinski definition) is 2. The Balaban J connectivity index is 2.56. The molecule has 0 amide bonds. The fourth-order valence-electron chi connectivity index (χ4n) is 1.36. The van der Waals surface area contributed by atoms with Gasteiger partial charge in [-0.25, -0.2) is 4.79 Å². The molecule has 0 saturated heterocycles. The summed E-state index contributed by atoms with van der Waals surface area (Å²) in [5, 5.41) is 2.14. The molecule has 2 rings (SSSR count). The van der Waals surface area contributed by atoms with E-state index < -0.39 is 0 Å². The zero-order valence-electron chi connectivity index (χ0n) is 7.24. The average Bonchev–Trinajstić information content (AvgIpc) is 2.27. The molecule has 0 bridgehead atoms. The molecule has 0 aliphatic heterocycles. The molecule has 0 heterocycles. The average molecular weight is 251 g/mol. The number of carbonyl (C=O) groups is 1. The Labute approximate surface area is 89.9 Å². The Hall–Kier alpha value is -1.35. The molecule has 0 spiro atoms. The number of benzene rings is 2. The molecule has 0 aliphatic rings. The highest BCUT2D eigenvalue weighted by molar-refractivity contribution is 9.06. The zero-order valence-corrected chi connectivity index (χ0v) is 8.82. The molecule has 70 valence electrons. The van der Waals surface area contributed by atoms with Crippen LogP contribution in [0.2, 0.25) is 0 Å². The van der Waals surface area contributed by atoms with Crippen molar-refractivity contribution in [3.05, 3.63) is 48.0 Å². The van der Waals surface area contributed by atoms with Gasteiger partial charge in [-0.05, 0) is 22.9 Å². The van der Waals surface area contributed by atoms with Gasteiger partial charge < -0.3 is 3.83 Å². The van der Waals surface area contributed by atoms with Gasteiger partial charge in [0, 0.05) is 0 Å². The van der Waals surface area contributed by atoms with Crippen molar-refractivity contribution in [2.75, 3.05) is 0 Å². The number of fused-ring (bicyclic) bond motifs is 1. The van der Waals surface area contributed by atoms with Crippen LogP contribution in [0.4, 0.5) is 0 Å². The zero-order chi connectivity index (χ0) is 9.97. The van der Waals surface area contributed by atoms with Gasteiger partial charge in [0.05, 0.1) is 5.56 Å². The predicted octanol–water partition coefficient (Wildman–Crippen LogP) is 3.31. The first-order valence-corrected chi connectivity index (χ1v) is 4.78. The summed E-state index contributed by atoms with van der Waals surface area (Å²) < 4.78 is 4.46. The van der Waals surface area contributed by atoms with Crippen molar-refractivity contribution >= 4 is 33.0 Å². The van der Waals surface area contributed by atoms with Gasteiger partial charge in [0.2, 0.25) is 0 Å². The van der Waals surface area contributed by atoms with E-state index in [0.717, 1.165) is 10.8 Å². The van der Waals surface area contributed by atoms with Crippen molar-refractivity contribution in [2.45, 2.75) is 0 Å². The minimum Gasteiger partial charge on any atom is -0.380 e. The Bertz CT molecular complexity index is 479. The van der Waals surface area contributed by atoms with Crippen LogP contribution < -0.4 is 0 Å². The van der Waals surface area contributed by atoms with Crippen LogP contribution in [-0.2, 0) is 3.83 Å². The lowest BCUT2D eigenvalue weighted by Gasteiger charge is -1.99. The smallest absolute Gasteiger partial charge is 0.349 e. The molecule has 0 fully saturated rings.